The van der Waals surface area contributed by atoms with Crippen molar-refractivity contribution in [3.05, 3.63) is 34.0 Å². The summed E-state index contributed by atoms with van der Waals surface area (Å²) in [5.41, 5.74) is 2.31. The molecule has 6 nitrogen and oxygen atoms in total. The van der Waals surface area contributed by atoms with Gasteiger partial charge in [0.15, 0.2) is 0 Å². The van der Waals surface area contributed by atoms with E-state index in [2.05, 4.69) is 15.2 Å². The number of aliphatic hydroxyl groups excluding tert-OH is 1. The molecule has 0 fully saturated rings. The van der Waals surface area contributed by atoms with Gasteiger partial charge >= 0.3 is 0 Å². The molecule has 0 spiro atoms. The van der Waals surface area contributed by atoms with Crippen LogP contribution in [0.5, 0.6) is 5.75 Å². The van der Waals surface area contributed by atoms with Crippen LogP contribution in [-0.2, 0) is 6.42 Å². The second-order valence-electron chi connectivity index (χ2n) is 5.43. The van der Waals surface area contributed by atoms with Gasteiger partial charge in [-0.25, -0.2) is 0 Å². The van der Waals surface area contributed by atoms with E-state index in [1.165, 1.54) is 11.3 Å². The third-order valence-electron chi connectivity index (χ3n) is 3.94. The fourth-order valence-electron chi connectivity index (χ4n) is 2.98. The average Bonchev–Trinajstić information content (AvgIpc) is 3.07. The molecule has 0 bridgehead atoms. The van der Waals surface area contributed by atoms with Crippen LogP contribution in [0.25, 0.3) is 20.5 Å². The fourth-order valence-corrected chi connectivity index (χ4v) is 4.13. The molecule has 1 unspecified atom stereocenters. The molecule has 3 N–H and O–H groups in total. The normalized spacial score (nSPS) is 15.5. The molecule has 3 aromatic heterocycles. The molecule has 0 saturated heterocycles. The van der Waals surface area contributed by atoms with Crippen LogP contribution >= 0.6 is 11.3 Å². The van der Waals surface area contributed by atoms with Crippen LogP contribution in [0.1, 0.15) is 30.7 Å². The summed E-state index contributed by atoms with van der Waals surface area (Å²) >= 11 is 1.41. The molecule has 1 atom stereocenters. The zero-order chi connectivity index (χ0) is 15.3. The van der Waals surface area contributed by atoms with E-state index in [1.807, 2.05) is 0 Å². The van der Waals surface area contributed by atoms with Crippen molar-refractivity contribution in [1.29, 1.82) is 0 Å². The van der Waals surface area contributed by atoms with Gasteiger partial charge in [-0.1, -0.05) is 0 Å². The lowest BCUT2D eigenvalue weighted by Crippen LogP contribution is -2.13. The average molecular weight is 317 g/mol. The van der Waals surface area contributed by atoms with E-state index in [-0.39, 0.29) is 5.56 Å². The molecule has 4 rings (SSSR count). The van der Waals surface area contributed by atoms with Crippen LogP contribution in [-0.4, -0.2) is 26.9 Å². The quantitative estimate of drug-likeness (QED) is 0.676. The van der Waals surface area contributed by atoms with Crippen LogP contribution in [0.2, 0.25) is 0 Å². The molecule has 3 aromatic rings. The summed E-state index contributed by atoms with van der Waals surface area (Å²) in [5.74, 6) is 0.738. The van der Waals surface area contributed by atoms with E-state index >= 15 is 0 Å². The number of hydrogen-bond donors (Lipinski definition) is 3. The number of hydrogen-bond acceptors (Lipinski definition) is 5. The molecule has 7 heteroatoms. The lowest BCUT2D eigenvalue weighted by atomic mass is 10.0. The first-order chi connectivity index (χ1) is 10.7. The first-order valence-corrected chi connectivity index (χ1v) is 8.00. The van der Waals surface area contributed by atoms with Gasteiger partial charge in [-0.15, -0.1) is 11.3 Å². The first-order valence-electron chi connectivity index (χ1n) is 7.18. The van der Waals surface area contributed by atoms with Crippen LogP contribution in [0.15, 0.2) is 17.2 Å². The SMILES string of the molecule is CC(O)c1[nH]c(=O)c2sc(-c3cn[nH]c3)c3c2c1CCCO3. The summed E-state index contributed by atoms with van der Waals surface area (Å²) in [4.78, 5) is 16.2. The molecule has 1 aliphatic heterocycles. The van der Waals surface area contributed by atoms with Gasteiger partial charge < -0.3 is 14.8 Å². The number of thiophene rings is 1. The molecule has 114 valence electrons. The number of rotatable bonds is 2. The Morgan fingerprint density at radius 3 is 3.09 bits per heavy atom. The van der Waals surface area contributed by atoms with E-state index in [4.69, 9.17) is 4.74 Å². The molecular weight excluding hydrogens is 302 g/mol. The number of aliphatic hydroxyl groups is 1. The van der Waals surface area contributed by atoms with Crippen molar-refractivity contribution in [2.75, 3.05) is 6.61 Å². The zero-order valence-electron chi connectivity index (χ0n) is 12.0. The van der Waals surface area contributed by atoms with Crippen molar-refractivity contribution in [3.8, 4) is 16.2 Å². The minimum atomic E-state index is -0.713. The predicted molar refractivity (Wildman–Crippen MR) is 84.5 cm³/mol. The van der Waals surface area contributed by atoms with Crippen LogP contribution in [0.4, 0.5) is 0 Å². The Balaban J connectivity index is 2.13. The Kier molecular flexibility index (Phi) is 3.05. The maximum absolute atomic E-state index is 12.4. The number of aromatic amines is 2. The van der Waals surface area contributed by atoms with Gasteiger partial charge in [-0.05, 0) is 25.3 Å². The van der Waals surface area contributed by atoms with Crippen LogP contribution < -0.4 is 10.3 Å². The standard InChI is InChI=1S/C15H15N3O3S/c1-7(19)11-9-3-2-4-21-12-10(9)14(15(20)18-11)22-13(12)8-5-16-17-6-8/h5-7,19H,2-4H2,1H3,(H,16,17)(H,18,20). The minimum Gasteiger partial charge on any atom is -0.491 e. The number of nitrogens with zero attached hydrogens (tertiary/aromatic N) is 1. The second kappa shape index (κ2) is 4.96. The maximum Gasteiger partial charge on any atom is 0.266 e. The Morgan fingerprint density at radius 1 is 1.50 bits per heavy atom. The maximum atomic E-state index is 12.4. The number of pyridine rings is 1. The minimum absolute atomic E-state index is 0.179. The highest BCUT2D eigenvalue weighted by atomic mass is 32.1. The van der Waals surface area contributed by atoms with Crippen molar-refractivity contribution < 1.29 is 9.84 Å². The summed E-state index contributed by atoms with van der Waals surface area (Å²) in [6.45, 7) is 2.27. The molecule has 4 heterocycles. The summed E-state index contributed by atoms with van der Waals surface area (Å²) in [6.07, 6.45) is 4.43. The predicted octanol–water partition coefficient (Wildman–Crippen LogP) is 2.36. The van der Waals surface area contributed by atoms with Crippen LogP contribution in [0, 0.1) is 0 Å². The van der Waals surface area contributed by atoms with E-state index in [0.717, 1.165) is 40.0 Å². The fraction of sp³-hybridized carbons (Fsp3) is 0.333. The molecule has 22 heavy (non-hydrogen) atoms. The number of aryl methyl sites for hydroxylation is 1. The lowest BCUT2D eigenvalue weighted by Gasteiger charge is -2.11. The zero-order valence-corrected chi connectivity index (χ0v) is 12.8. The summed E-state index contributed by atoms with van der Waals surface area (Å²) in [5, 5.41) is 17.6. The van der Waals surface area contributed by atoms with Crippen molar-refractivity contribution >= 4 is 21.4 Å². The first kappa shape index (κ1) is 13.5. The van der Waals surface area contributed by atoms with Gasteiger partial charge in [0, 0.05) is 17.1 Å². The molecule has 0 saturated carbocycles. The molecule has 0 radical (unpaired) electrons. The smallest absolute Gasteiger partial charge is 0.266 e. The van der Waals surface area contributed by atoms with Crippen molar-refractivity contribution in [2.24, 2.45) is 0 Å². The van der Waals surface area contributed by atoms with E-state index in [1.54, 1.807) is 19.3 Å². The van der Waals surface area contributed by atoms with Gasteiger partial charge in [0.05, 0.1) is 29.5 Å². The molecule has 0 amide bonds. The molecule has 0 aliphatic carbocycles. The highest BCUT2D eigenvalue weighted by Crippen LogP contribution is 2.46. The summed E-state index contributed by atoms with van der Waals surface area (Å²) < 4.78 is 6.59. The number of aromatic nitrogens is 3. The number of H-pyrrole nitrogens is 2. The highest BCUT2D eigenvalue weighted by molar-refractivity contribution is 7.22. The third kappa shape index (κ3) is 1.89. The molecular formula is C15H15N3O3S. The van der Waals surface area contributed by atoms with Gasteiger partial charge in [0.25, 0.3) is 5.56 Å². The second-order valence-corrected chi connectivity index (χ2v) is 6.45. The lowest BCUT2D eigenvalue weighted by molar-refractivity contribution is 0.193. The topological polar surface area (TPSA) is 91.0 Å². The highest BCUT2D eigenvalue weighted by Gasteiger charge is 2.26. The Bertz CT molecular complexity index is 893. The van der Waals surface area contributed by atoms with Crippen molar-refractivity contribution in [2.45, 2.75) is 25.9 Å². The van der Waals surface area contributed by atoms with Crippen molar-refractivity contribution in [3.63, 3.8) is 0 Å². The van der Waals surface area contributed by atoms with E-state index < -0.39 is 6.10 Å². The largest absolute Gasteiger partial charge is 0.491 e. The summed E-state index contributed by atoms with van der Waals surface area (Å²) in [7, 11) is 0. The van der Waals surface area contributed by atoms with E-state index in [9.17, 15) is 9.90 Å². The molecule has 0 aromatic carbocycles. The van der Waals surface area contributed by atoms with Crippen LogP contribution in [0.3, 0.4) is 0 Å². The van der Waals surface area contributed by atoms with Gasteiger partial charge in [-0.2, -0.15) is 5.10 Å². The third-order valence-corrected chi connectivity index (χ3v) is 5.16. The monoisotopic (exact) mass is 317 g/mol. The van der Waals surface area contributed by atoms with Gasteiger partial charge in [0.1, 0.15) is 10.4 Å². The van der Waals surface area contributed by atoms with Gasteiger partial charge in [0.2, 0.25) is 0 Å². The Morgan fingerprint density at radius 2 is 2.36 bits per heavy atom. The van der Waals surface area contributed by atoms with Crippen molar-refractivity contribution in [1.82, 2.24) is 15.2 Å². The Labute approximate surface area is 129 Å². The summed E-state index contributed by atoms with van der Waals surface area (Å²) in [6, 6.07) is 0. The number of nitrogens with one attached hydrogen (secondary N) is 2. The van der Waals surface area contributed by atoms with Gasteiger partial charge in [-0.3, -0.25) is 9.89 Å². The number of ether oxygens (including phenoxy) is 1. The Hall–Kier alpha value is -2.12. The molecule has 1 aliphatic rings. The van der Waals surface area contributed by atoms with E-state index in [0.29, 0.717) is 17.0 Å².